The summed E-state index contributed by atoms with van der Waals surface area (Å²) in [6.07, 6.45) is 0. The molecule has 3 nitrogen and oxygen atoms in total. The van der Waals surface area contributed by atoms with E-state index in [0.29, 0.717) is 5.69 Å². The number of halogens is 1. The highest BCUT2D eigenvalue weighted by Crippen LogP contribution is 2.26. The van der Waals surface area contributed by atoms with Gasteiger partial charge in [-0.05, 0) is 35.4 Å². The van der Waals surface area contributed by atoms with Crippen LogP contribution >= 0.6 is 0 Å². The Kier molecular flexibility index (Phi) is 4.90. The van der Waals surface area contributed by atoms with Gasteiger partial charge in [-0.2, -0.15) is 0 Å². The Morgan fingerprint density at radius 1 is 0.926 bits per heavy atom. The normalized spacial score (nSPS) is 15.3. The minimum atomic E-state index is -0.432. The lowest BCUT2D eigenvalue weighted by molar-refractivity contribution is 0.101. The zero-order valence-electron chi connectivity index (χ0n) is 15.5. The third-order valence-corrected chi connectivity index (χ3v) is 5.33. The minimum absolute atomic E-state index is 0.208. The molecule has 0 spiro atoms. The molecule has 1 saturated heterocycles. The maximum Gasteiger partial charge on any atom is 0.164 e. The molecular weight excluding hydrogens is 339 g/mol. The van der Waals surface area contributed by atoms with Crippen molar-refractivity contribution < 1.29 is 9.18 Å². The second-order valence-corrected chi connectivity index (χ2v) is 7.09. The van der Waals surface area contributed by atoms with E-state index in [1.165, 1.54) is 29.3 Å². The van der Waals surface area contributed by atoms with Crippen LogP contribution in [-0.2, 0) is 6.54 Å². The summed E-state index contributed by atoms with van der Waals surface area (Å²) in [5.74, 6) is -0.653. The van der Waals surface area contributed by atoms with Crippen LogP contribution in [0.15, 0.2) is 60.7 Å². The predicted octanol–water partition coefficient (Wildman–Crippen LogP) is 4.50. The molecule has 0 bridgehead atoms. The van der Waals surface area contributed by atoms with Gasteiger partial charge in [-0.25, -0.2) is 4.39 Å². The first-order valence-electron chi connectivity index (χ1n) is 9.37. The molecule has 4 heteroatoms. The first-order chi connectivity index (χ1) is 13.1. The van der Waals surface area contributed by atoms with Crippen molar-refractivity contribution in [1.29, 1.82) is 0 Å². The van der Waals surface area contributed by atoms with E-state index in [1.807, 2.05) is 6.07 Å². The van der Waals surface area contributed by atoms with Gasteiger partial charge in [-0.3, -0.25) is 9.69 Å². The highest BCUT2D eigenvalue weighted by Gasteiger charge is 2.22. The van der Waals surface area contributed by atoms with Crippen LogP contribution < -0.4 is 4.90 Å². The Hall–Kier alpha value is -2.72. The molecule has 138 valence electrons. The molecule has 1 heterocycles. The van der Waals surface area contributed by atoms with Gasteiger partial charge in [0.1, 0.15) is 5.82 Å². The Balaban J connectivity index is 1.48. The van der Waals surface area contributed by atoms with Gasteiger partial charge in [0.25, 0.3) is 0 Å². The van der Waals surface area contributed by atoms with E-state index in [-0.39, 0.29) is 11.3 Å². The summed E-state index contributed by atoms with van der Waals surface area (Å²) in [7, 11) is 0. The van der Waals surface area contributed by atoms with Crippen LogP contribution in [0.4, 0.5) is 10.1 Å². The van der Waals surface area contributed by atoms with Gasteiger partial charge >= 0.3 is 0 Å². The largest absolute Gasteiger partial charge is 0.368 e. The lowest BCUT2D eigenvalue weighted by Crippen LogP contribution is -2.46. The zero-order valence-corrected chi connectivity index (χ0v) is 15.5. The van der Waals surface area contributed by atoms with E-state index >= 15 is 0 Å². The van der Waals surface area contributed by atoms with E-state index < -0.39 is 5.82 Å². The van der Waals surface area contributed by atoms with Crippen molar-refractivity contribution in [2.24, 2.45) is 0 Å². The van der Waals surface area contributed by atoms with E-state index in [1.54, 1.807) is 6.07 Å². The summed E-state index contributed by atoms with van der Waals surface area (Å²) in [6.45, 7) is 5.67. The Morgan fingerprint density at radius 3 is 2.41 bits per heavy atom. The third kappa shape index (κ3) is 3.58. The molecule has 0 aliphatic carbocycles. The maximum absolute atomic E-state index is 14.1. The van der Waals surface area contributed by atoms with Gasteiger partial charge in [-0.1, -0.05) is 48.5 Å². The fourth-order valence-corrected chi connectivity index (χ4v) is 3.94. The average molecular weight is 362 g/mol. The van der Waals surface area contributed by atoms with Crippen LogP contribution in [0.2, 0.25) is 0 Å². The van der Waals surface area contributed by atoms with Crippen molar-refractivity contribution in [2.75, 3.05) is 31.1 Å². The highest BCUT2D eigenvalue weighted by atomic mass is 19.1. The second-order valence-electron chi connectivity index (χ2n) is 7.09. The van der Waals surface area contributed by atoms with Gasteiger partial charge in [0, 0.05) is 32.7 Å². The molecule has 0 amide bonds. The van der Waals surface area contributed by atoms with Crippen LogP contribution in [-0.4, -0.2) is 36.9 Å². The number of anilines is 1. The van der Waals surface area contributed by atoms with Gasteiger partial charge in [0.2, 0.25) is 0 Å². The standard InChI is InChI=1S/C23H23FN2O/c1-17(27)23-21(24)10-5-11-22(23)26-14-12-25(13-15-26)16-19-8-4-7-18-6-2-3-9-20(18)19/h2-11H,12-16H2,1H3. The number of carbonyl (C=O) groups is 1. The lowest BCUT2D eigenvalue weighted by atomic mass is 10.0. The smallest absolute Gasteiger partial charge is 0.164 e. The number of piperazine rings is 1. The average Bonchev–Trinajstić information content (AvgIpc) is 2.68. The third-order valence-electron chi connectivity index (χ3n) is 5.33. The molecule has 1 aliphatic rings. The molecular formula is C23H23FN2O. The van der Waals surface area contributed by atoms with Gasteiger partial charge < -0.3 is 4.90 Å². The van der Waals surface area contributed by atoms with Crippen molar-refractivity contribution in [2.45, 2.75) is 13.5 Å². The number of rotatable bonds is 4. The van der Waals surface area contributed by atoms with Crippen molar-refractivity contribution in [3.63, 3.8) is 0 Å². The number of hydrogen-bond acceptors (Lipinski definition) is 3. The molecule has 1 fully saturated rings. The molecule has 27 heavy (non-hydrogen) atoms. The van der Waals surface area contributed by atoms with Crippen LogP contribution in [0.1, 0.15) is 22.8 Å². The minimum Gasteiger partial charge on any atom is -0.368 e. The number of carbonyl (C=O) groups excluding carboxylic acids is 1. The summed E-state index contributed by atoms with van der Waals surface area (Å²) >= 11 is 0. The summed E-state index contributed by atoms with van der Waals surface area (Å²) in [5, 5.41) is 2.56. The predicted molar refractivity (Wildman–Crippen MR) is 108 cm³/mol. The monoisotopic (exact) mass is 362 g/mol. The summed E-state index contributed by atoms with van der Waals surface area (Å²) in [4.78, 5) is 16.4. The van der Waals surface area contributed by atoms with Crippen LogP contribution in [0.5, 0.6) is 0 Å². The van der Waals surface area contributed by atoms with Crippen molar-refractivity contribution >= 4 is 22.2 Å². The van der Waals surface area contributed by atoms with E-state index in [9.17, 15) is 9.18 Å². The Labute approximate surface area is 159 Å². The van der Waals surface area contributed by atoms with Crippen LogP contribution in [0, 0.1) is 5.82 Å². The second kappa shape index (κ2) is 7.49. The first kappa shape index (κ1) is 17.7. The Bertz CT molecular complexity index is 972. The maximum atomic E-state index is 14.1. The number of nitrogens with zero attached hydrogens (tertiary/aromatic N) is 2. The van der Waals surface area contributed by atoms with Crippen molar-refractivity contribution in [1.82, 2.24) is 4.90 Å². The number of benzene rings is 3. The molecule has 0 saturated carbocycles. The topological polar surface area (TPSA) is 23.6 Å². The quantitative estimate of drug-likeness (QED) is 0.638. The number of ketones is 1. The number of fused-ring (bicyclic) bond motifs is 1. The first-order valence-corrected chi connectivity index (χ1v) is 9.37. The van der Waals surface area contributed by atoms with Gasteiger partial charge in [0.15, 0.2) is 5.78 Å². The molecule has 3 aromatic rings. The SMILES string of the molecule is CC(=O)c1c(F)cccc1N1CCN(Cc2cccc3ccccc23)CC1. The molecule has 0 aromatic heterocycles. The van der Waals surface area contributed by atoms with Crippen LogP contribution in [0.25, 0.3) is 10.8 Å². The molecule has 0 unspecified atom stereocenters. The van der Waals surface area contributed by atoms with Crippen molar-refractivity contribution in [3.05, 3.63) is 77.6 Å². The zero-order chi connectivity index (χ0) is 18.8. The fourth-order valence-electron chi connectivity index (χ4n) is 3.94. The Morgan fingerprint density at radius 2 is 1.63 bits per heavy atom. The lowest BCUT2D eigenvalue weighted by Gasteiger charge is -2.37. The van der Waals surface area contributed by atoms with E-state index in [0.717, 1.165) is 32.7 Å². The molecule has 0 N–H and O–H groups in total. The molecule has 0 radical (unpaired) electrons. The van der Waals surface area contributed by atoms with Gasteiger partial charge in [-0.15, -0.1) is 0 Å². The number of Topliss-reactive ketones (excluding diaryl/α,β-unsaturated/α-hetero) is 1. The summed E-state index contributed by atoms with van der Waals surface area (Å²) in [5.41, 5.74) is 2.25. The van der Waals surface area contributed by atoms with E-state index in [2.05, 4.69) is 52.3 Å². The number of hydrogen-bond donors (Lipinski definition) is 0. The van der Waals surface area contributed by atoms with Crippen LogP contribution in [0.3, 0.4) is 0 Å². The molecule has 4 rings (SSSR count). The summed E-state index contributed by atoms with van der Waals surface area (Å²) in [6, 6.07) is 19.8. The summed E-state index contributed by atoms with van der Waals surface area (Å²) < 4.78 is 14.1. The molecule has 1 aliphatic heterocycles. The van der Waals surface area contributed by atoms with Crippen molar-refractivity contribution in [3.8, 4) is 0 Å². The fraction of sp³-hybridized carbons (Fsp3) is 0.261. The highest BCUT2D eigenvalue weighted by molar-refractivity contribution is 6.00. The molecule has 0 atom stereocenters. The molecule has 3 aromatic carbocycles. The van der Waals surface area contributed by atoms with E-state index in [4.69, 9.17) is 0 Å². The van der Waals surface area contributed by atoms with Gasteiger partial charge in [0.05, 0.1) is 11.3 Å².